The van der Waals surface area contributed by atoms with E-state index in [1.54, 1.807) is 11.1 Å². The molecule has 0 aromatic carbocycles. The monoisotopic (exact) mass is 391 g/mol. The first-order valence-electron chi connectivity index (χ1n) is 9.74. The van der Waals surface area contributed by atoms with Crippen molar-refractivity contribution in [3.8, 4) is 0 Å². The van der Waals surface area contributed by atoms with E-state index in [2.05, 4.69) is 34.3 Å². The van der Waals surface area contributed by atoms with Gasteiger partial charge in [-0.15, -0.1) is 16.3 Å². The number of hydroxylamine groups is 9. The molecule has 1 atom stereocenters. The maximum absolute atomic E-state index is 6.13. The fourth-order valence-electron chi connectivity index (χ4n) is 2.75. The van der Waals surface area contributed by atoms with E-state index in [0.29, 0.717) is 24.4 Å². The van der Waals surface area contributed by atoms with E-state index in [0.717, 1.165) is 19.3 Å². The van der Waals surface area contributed by atoms with E-state index in [9.17, 15) is 0 Å². The van der Waals surface area contributed by atoms with E-state index in [1.165, 1.54) is 0 Å². The van der Waals surface area contributed by atoms with Crippen molar-refractivity contribution in [3.05, 3.63) is 12.7 Å². The van der Waals surface area contributed by atoms with Crippen molar-refractivity contribution >= 4 is 0 Å². The molecule has 0 saturated heterocycles. The molecule has 0 saturated carbocycles. The van der Waals surface area contributed by atoms with Crippen molar-refractivity contribution in [2.75, 3.05) is 62.0 Å². The first-order valence-corrected chi connectivity index (χ1v) is 9.74. The SMILES string of the molecule is C=CCOC(C)(C)CCOC(C)(C)CCC[N+](C)(ON(C)C)O[N+](C)(C)C. The van der Waals surface area contributed by atoms with E-state index in [4.69, 9.17) is 19.4 Å². The molecule has 0 spiro atoms. The molecule has 0 aliphatic heterocycles. The maximum Gasteiger partial charge on any atom is 0.150 e. The van der Waals surface area contributed by atoms with Crippen molar-refractivity contribution in [1.29, 1.82) is 0 Å². The minimum atomic E-state index is -0.214. The highest BCUT2D eigenvalue weighted by molar-refractivity contribution is 4.74. The summed E-state index contributed by atoms with van der Waals surface area (Å²) in [6.07, 6.45) is 4.43. The summed E-state index contributed by atoms with van der Waals surface area (Å²) in [7, 11) is 11.6. The van der Waals surface area contributed by atoms with E-state index < -0.39 is 0 Å². The van der Waals surface area contributed by atoms with Gasteiger partial charge in [0.1, 0.15) is 28.2 Å². The molecular formula is C20H45N3O4+2. The van der Waals surface area contributed by atoms with Crippen LogP contribution in [0.5, 0.6) is 0 Å². The Morgan fingerprint density at radius 2 is 1.48 bits per heavy atom. The molecule has 0 heterocycles. The predicted molar refractivity (Wildman–Crippen MR) is 109 cm³/mol. The van der Waals surface area contributed by atoms with E-state index >= 15 is 0 Å². The van der Waals surface area contributed by atoms with Gasteiger partial charge in [-0.3, -0.25) is 0 Å². The van der Waals surface area contributed by atoms with Gasteiger partial charge >= 0.3 is 0 Å². The fourth-order valence-corrected chi connectivity index (χ4v) is 2.75. The van der Waals surface area contributed by atoms with Gasteiger partial charge in [-0.2, -0.15) is 0 Å². The van der Waals surface area contributed by atoms with Gasteiger partial charge < -0.3 is 9.47 Å². The van der Waals surface area contributed by atoms with Gasteiger partial charge in [-0.25, -0.2) is 0 Å². The molecule has 0 aromatic rings. The third kappa shape index (κ3) is 14.2. The Morgan fingerprint density at radius 3 is 1.96 bits per heavy atom. The normalized spacial score (nSPS) is 15.8. The minimum absolute atomic E-state index is 0.0506. The summed E-state index contributed by atoms with van der Waals surface area (Å²) in [6.45, 7) is 14.0. The third-order valence-corrected chi connectivity index (χ3v) is 3.89. The number of quaternary nitrogens is 2. The predicted octanol–water partition coefficient (Wildman–Crippen LogP) is 3.34. The van der Waals surface area contributed by atoms with Gasteiger partial charge in [0, 0.05) is 30.3 Å². The maximum atomic E-state index is 6.13. The van der Waals surface area contributed by atoms with Gasteiger partial charge in [0.05, 0.1) is 24.4 Å². The molecule has 0 aliphatic carbocycles. The molecule has 0 radical (unpaired) electrons. The number of hydrogen-bond acceptors (Lipinski definition) is 5. The van der Waals surface area contributed by atoms with Crippen LogP contribution in [0.15, 0.2) is 12.7 Å². The van der Waals surface area contributed by atoms with Crippen LogP contribution in [-0.2, 0) is 19.4 Å². The van der Waals surface area contributed by atoms with Crippen LogP contribution in [0.25, 0.3) is 0 Å². The molecule has 0 aromatic heterocycles. The Morgan fingerprint density at radius 1 is 0.926 bits per heavy atom. The fraction of sp³-hybridized carbons (Fsp3) is 0.900. The average Bonchev–Trinajstić information content (AvgIpc) is 2.41. The lowest BCUT2D eigenvalue weighted by atomic mass is 10.0. The second-order valence-electron chi connectivity index (χ2n) is 9.42. The highest BCUT2D eigenvalue weighted by Gasteiger charge is 2.36. The van der Waals surface area contributed by atoms with Gasteiger partial charge in [0.25, 0.3) is 0 Å². The standard InChI is InChI=1S/C20H45N3O4/c1-12-17-24-20(4,5)15-18-25-19(2,3)14-13-16-23(11,26-21(6)7)27-22(8,9)10/h12H,1,13-18H2,2-11H3/q+2. The Balaban J connectivity index is 4.49. The van der Waals surface area contributed by atoms with Crippen molar-refractivity contribution in [2.45, 2.75) is 58.2 Å². The molecule has 1 unspecified atom stereocenters. The quantitative estimate of drug-likeness (QED) is 0.243. The molecule has 162 valence electrons. The minimum Gasteiger partial charge on any atom is -0.375 e. The first kappa shape index (κ1) is 26.5. The topological polar surface area (TPSA) is 40.2 Å². The number of nitrogens with zero attached hydrogens (tertiary/aromatic N) is 3. The average molecular weight is 392 g/mol. The first-order chi connectivity index (χ1) is 12.1. The molecule has 0 aliphatic rings. The third-order valence-electron chi connectivity index (χ3n) is 3.89. The Kier molecular flexibility index (Phi) is 10.6. The van der Waals surface area contributed by atoms with Crippen LogP contribution in [-0.4, -0.2) is 87.8 Å². The number of ether oxygens (including phenoxy) is 2. The van der Waals surface area contributed by atoms with Crippen LogP contribution in [0.3, 0.4) is 0 Å². The summed E-state index contributed by atoms with van der Waals surface area (Å²) in [4.78, 5) is 12.0. The lowest BCUT2D eigenvalue weighted by Gasteiger charge is -2.34. The molecule has 7 nitrogen and oxygen atoms in total. The second-order valence-corrected chi connectivity index (χ2v) is 9.42. The molecular weight excluding hydrogens is 346 g/mol. The zero-order valence-electron chi connectivity index (χ0n) is 19.5. The summed E-state index contributed by atoms with van der Waals surface area (Å²) in [5.41, 5.74) is -0.425. The van der Waals surface area contributed by atoms with Crippen LogP contribution in [0.2, 0.25) is 0 Å². The molecule has 0 fully saturated rings. The van der Waals surface area contributed by atoms with Gasteiger partial charge in [-0.05, 0) is 40.5 Å². The molecule has 27 heavy (non-hydrogen) atoms. The molecule has 0 amide bonds. The highest BCUT2D eigenvalue weighted by atomic mass is 17.1. The van der Waals surface area contributed by atoms with Crippen molar-refractivity contribution in [2.24, 2.45) is 0 Å². The Labute approximate surface area is 167 Å². The molecule has 7 heteroatoms. The van der Waals surface area contributed by atoms with Crippen LogP contribution < -0.4 is 0 Å². The van der Waals surface area contributed by atoms with Crippen molar-refractivity contribution in [1.82, 2.24) is 5.06 Å². The molecule has 0 rings (SSSR count). The van der Waals surface area contributed by atoms with Gasteiger partial charge in [0.15, 0.2) is 6.54 Å². The molecule has 0 N–H and O–H groups in total. The Hall–Kier alpha value is -0.540. The van der Waals surface area contributed by atoms with Crippen LogP contribution in [0.4, 0.5) is 0 Å². The van der Waals surface area contributed by atoms with Crippen LogP contribution in [0.1, 0.15) is 47.0 Å². The lowest BCUT2D eigenvalue weighted by Crippen LogP contribution is -2.56. The summed E-state index contributed by atoms with van der Waals surface area (Å²) in [5.74, 6) is 0. The lowest BCUT2D eigenvalue weighted by molar-refractivity contribution is -1.40. The van der Waals surface area contributed by atoms with Crippen molar-refractivity contribution < 1.29 is 28.8 Å². The number of hydrogen-bond donors (Lipinski definition) is 0. The zero-order valence-corrected chi connectivity index (χ0v) is 19.5. The van der Waals surface area contributed by atoms with E-state index in [-0.39, 0.29) is 16.0 Å². The smallest absolute Gasteiger partial charge is 0.150 e. The van der Waals surface area contributed by atoms with Crippen molar-refractivity contribution in [3.63, 3.8) is 0 Å². The summed E-state index contributed by atoms with van der Waals surface area (Å²) in [6, 6.07) is 0. The molecule has 0 bridgehead atoms. The van der Waals surface area contributed by atoms with Gasteiger partial charge in [-0.1, -0.05) is 11.0 Å². The summed E-state index contributed by atoms with van der Waals surface area (Å²) < 4.78 is 12.2. The largest absolute Gasteiger partial charge is 0.375 e. The van der Waals surface area contributed by atoms with Crippen LogP contribution >= 0.6 is 0 Å². The summed E-state index contributed by atoms with van der Waals surface area (Å²) >= 11 is 0. The number of rotatable bonds is 15. The second kappa shape index (κ2) is 10.9. The Bertz CT molecular complexity index is 433. The zero-order chi connectivity index (χ0) is 21.4. The van der Waals surface area contributed by atoms with Gasteiger partial charge in [0.2, 0.25) is 0 Å². The summed E-state index contributed by atoms with van der Waals surface area (Å²) in [5, 5.41) is 1.67. The highest BCUT2D eigenvalue weighted by Crippen LogP contribution is 2.22. The van der Waals surface area contributed by atoms with E-state index in [1.807, 2.05) is 42.3 Å². The van der Waals surface area contributed by atoms with Crippen LogP contribution in [0, 0.1) is 0 Å².